The van der Waals surface area contributed by atoms with E-state index in [-0.39, 0.29) is 11.3 Å². The Hall–Kier alpha value is -3.35. The highest BCUT2D eigenvalue weighted by molar-refractivity contribution is 6.14. The molecular weight excluding hydrogens is 322 g/mol. The Kier molecular flexibility index (Phi) is 3.92. The van der Waals surface area contributed by atoms with Crippen LogP contribution in [0.1, 0.15) is 32.9 Å². The summed E-state index contributed by atoms with van der Waals surface area (Å²) in [4.78, 5) is 34.3. The summed E-state index contributed by atoms with van der Waals surface area (Å²) in [5, 5.41) is 13.9. The number of urea groups is 1. The zero-order valence-corrected chi connectivity index (χ0v) is 14.0. The Morgan fingerprint density at radius 2 is 1.88 bits per heavy atom. The van der Waals surface area contributed by atoms with Gasteiger partial charge in [-0.2, -0.15) is 0 Å². The summed E-state index contributed by atoms with van der Waals surface area (Å²) in [6.45, 7) is 5.54. The van der Waals surface area contributed by atoms with E-state index in [9.17, 15) is 19.5 Å². The minimum Gasteiger partial charge on any atom is -0.478 e. The number of nitrogens with zero attached hydrogens (tertiary/aromatic N) is 1. The first-order valence-electron chi connectivity index (χ1n) is 7.66. The number of benzene rings is 1. The molecule has 3 rings (SSSR count). The molecule has 1 aliphatic rings. The summed E-state index contributed by atoms with van der Waals surface area (Å²) >= 11 is 0. The molecule has 7 heteroatoms. The van der Waals surface area contributed by atoms with Gasteiger partial charge in [0.1, 0.15) is 5.70 Å². The molecule has 0 radical (unpaired) electrons. The lowest BCUT2D eigenvalue weighted by Crippen LogP contribution is -2.22. The van der Waals surface area contributed by atoms with Crippen LogP contribution < -0.4 is 10.6 Å². The van der Waals surface area contributed by atoms with E-state index in [1.165, 1.54) is 0 Å². The Labute approximate surface area is 144 Å². The standard InChI is InChI=1S/C18H17N3O4/c1-9-7-12(8-14-16(22)20-18(25)19-14)11(3)21(9)15-6-4-5-13(10(15)2)17(23)24/h4-8H,1-3H3,(H,23,24)(H2,19,20,22,25)/b14-8+. The van der Waals surface area contributed by atoms with Crippen molar-refractivity contribution in [2.24, 2.45) is 0 Å². The minimum absolute atomic E-state index is 0.182. The van der Waals surface area contributed by atoms with E-state index >= 15 is 0 Å². The van der Waals surface area contributed by atoms with Crippen LogP contribution in [0.5, 0.6) is 0 Å². The maximum atomic E-state index is 11.7. The highest BCUT2D eigenvalue weighted by Crippen LogP contribution is 2.26. The number of hydrogen-bond acceptors (Lipinski definition) is 3. The van der Waals surface area contributed by atoms with Crippen LogP contribution in [0.15, 0.2) is 30.0 Å². The maximum Gasteiger partial charge on any atom is 0.336 e. The van der Waals surface area contributed by atoms with Gasteiger partial charge in [-0.25, -0.2) is 9.59 Å². The molecule has 2 heterocycles. The third-order valence-corrected chi connectivity index (χ3v) is 4.27. The van der Waals surface area contributed by atoms with Crippen LogP contribution >= 0.6 is 0 Å². The van der Waals surface area contributed by atoms with Crippen LogP contribution in [-0.4, -0.2) is 27.6 Å². The van der Waals surface area contributed by atoms with Crippen LogP contribution in [0.25, 0.3) is 11.8 Å². The van der Waals surface area contributed by atoms with Crippen molar-refractivity contribution < 1.29 is 19.5 Å². The summed E-state index contributed by atoms with van der Waals surface area (Å²) in [5.41, 5.74) is 4.34. The molecule has 1 aromatic carbocycles. The fraction of sp³-hybridized carbons (Fsp3) is 0.167. The van der Waals surface area contributed by atoms with E-state index in [2.05, 4.69) is 10.6 Å². The zero-order chi connectivity index (χ0) is 18.3. The Bertz CT molecular complexity index is 953. The number of aromatic carboxylic acids is 1. The number of amides is 3. The molecule has 3 N–H and O–H groups in total. The Morgan fingerprint density at radius 1 is 1.16 bits per heavy atom. The highest BCUT2D eigenvalue weighted by Gasteiger charge is 2.24. The number of carboxylic acid groups (broad SMARTS) is 1. The number of imide groups is 1. The van der Waals surface area contributed by atoms with Crippen molar-refractivity contribution in [2.75, 3.05) is 0 Å². The predicted octanol–water partition coefficient (Wildman–Crippen LogP) is 2.28. The van der Waals surface area contributed by atoms with Crippen LogP contribution in [-0.2, 0) is 4.79 Å². The van der Waals surface area contributed by atoms with Crippen LogP contribution in [0.2, 0.25) is 0 Å². The van der Waals surface area contributed by atoms with Gasteiger partial charge in [-0.05, 0) is 56.2 Å². The zero-order valence-electron chi connectivity index (χ0n) is 14.0. The summed E-state index contributed by atoms with van der Waals surface area (Å²) in [5.74, 6) is -1.45. The van der Waals surface area contributed by atoms with Crippen LogP contribution in [0.4, 0.5) is 4.79 Å². The second-order valence-electron chi connectivity index (χ2n) is 5.88. The smallest absolute Gasteiger partial charge is 0.336 e. The van der Waals surface area contributed by atoms with Gasteiger partial charge in [-0.1, -0.05) is 6.07 Å². The van der Waals surface area contributed by atoms with Crippen molar-refractivity contribution >= 4 is 24.0 Å². The molecular formula is C18H17N3O4. The van der Waals surface area contributed by atoms with Crippen LogP contribution in [0.3, 0.4) is 0 Å². The van der Waals surface area contributed by atoms with Crippen LogP contribution in [0, 0.1) is 20.8 Å². The van der Waals surface area contributed by atoms with Crippen molar-refractivity contribution in [2.45, 2.75) is 20.8 Å². The summed E-state index contributed by atoms with van der Waals surface area (Å²) in [6, 6.07) is 6.45. The molecule has 3 amide bonds. The first-order chi connectivity index (χ1) is 11.8. The number of aryl methyl sites for hydroxylation is 1. The Morgan fingerprint density at radius 3 is 2.48 bits per heavy atom. The van der Waals surface area contributed by atoms with E-state index < -0.39 is 17.9 Å². The van der Waals surface area contributed by atoms with Crippen molar-refractivity contribution in [3.8, 4) is 5.69 Å². The monoisotopic (exact) mass is 339 g/mol. The van der Waals surface area contributed by atoms with Crippen molar-refractivity contribution in [1.82, 2.24) is 15.2 Å². The van der Waals surface area contributed by atoms with Gasteiger partial charge < -0.3 is 15.0 Å². The number of carboxylic acids is 1. The maximum absolute atomic E-state index is 11.7. The van der Waals surface area contributed by atoms with Gasteiger partial charge in [0.2, 0.25) is 0 Å². The SMILES string of the molecule is Cc1c(C(=O)O)cccc1-n1c(C)cc(/C=C2/NC(=O)NC2=O)c1C. The van der Waals surface area contributed by atoms with Gasteiger partial charge in [0.15, 0.2) is 0 Å². The molecule has 1 aliphatic heterocycles. The fourth-order valence-electron chi connectivity index (χ4n) is 3.04. The van der Waals surface area contributed by atoms with E-state index in [4.69, 9.17) is 0 Å². The molecule has 2 aromatic rings. The summed E-state index contributed by atoms with van der Waals surface area (Å²) in [6.07, 6.45) is 1.61. The largest absolute Gasteiger partial charge is 0.478 e. The number of nitrogens with one attached hydrogen (secondary N) is 2. The van der Waals surface area contributed by atoms with E-state index in [1.807, 2.05) is 30.5 Å². The van der Waals surface area contributed by atoms with Gasteiger partial charge in [0.25, 0.3) is 5.91 Å². The van der Waals surface area contributed by atoms with Crippen molar-refractivity contribution in [1.29, 1.82) is 0 Å². The molecule has 0 spiro atoms. The quantitative estimate of drug-likeness (QED) is 0.590. The first-order valence-corrected chi connectivity index (χ1v) is 7.66. The minimum atomic E-state index is -0.977. The van der Waals surface area contributed by atoms with Gasteiger partial charge in [-0.15, -0.1) is 0 Å². The van der Waals surface area contributed by atoms with E-state index in [0.29, 0.717) is 5.56 Å². The van der Waals surface area contributed by atoms with Gasteiger partial charge in [0, 0.05) is 17.1 Å². The van der Waals surface area contributed by atoms with Crippen molar-refractivity contribution in [3.63, 3.8) is 0 Å². The average molecular weight is 339 g/mol. The third kappa shape index (κ3) is 2.80. The normalized spacial score (nSPS) is 15.4. The Balaban J connectivity index is 2.12. The topological polar surface area (TPSA) is 100 Å². The molecule has 128 valence electrons. The fourth-order valence-corrected chi connectivity index (χ4v) is 3.04. The number of carbonyl (C=O) groups excluding carboxylic acids is 2. The average Bonchev–Trinajstić information content (AvgIpc) is 2.99. The lowest BCUT2D eigenvalue weighted by atomic mass is 10.1. The molecule has 0 saturated carbocycles. The van der Waals surface area contributed by atoms with Crippen molar-refractivity contribution in [3.05, 3.63) is 58.0 Å². The highest BCUT2D eigenvalue weighted by atomic mass is 16.4. The van der Waals surface area contributed by atoms with E-state index in [1.54, 1.807) is 25.1 Å². The summed E-state index contributed by atoms with van der Waals surface area (Å²) < 4.78 is 1.93. The number of hydrogen-bond donors (Lipinski definition) is 3. The van der Waals surface area contributed by atoms with Gasteiger partial charge in [0.05, 0.1) is 5.56 Å². The predicted molar refractivity (Wildman–Crippen MR) is 91.6 cm³/mol. The molecule has 0 unspecified atom stereocenters. The third-order valence-electron chi connectivity index (χ3n) is 4.27. The molecule has 1 aromatic heterocycles. The molecule has 0 bridgehead atoms. The molecule has 0 aliphatic carbocycles. The molecule has 1 saturated heterocycles. The van der Waals surface area contributed by atoms with Gasteiger partial charge in [-0.3, -0.25) is 10.1 Å². The lowest BCUT2D eigenvalue weighted by molar-refractivity contribution is -0.115. The summed E-state index contributed by atoms with van der Waals surface area (Å²) in [7, 11) is 0. The molecule has 25 heavy (non-hydrogen) atoms. The number of rotatable bonds is 3. The number of carbonyl (C=O) groups is 3. The second kappa shape index (κ2) is 5.94. The lowest BCUT2D eigenvalue weighted by Gasteiger charge is -2.14. The second-order valence-corrected chi connectivity index (χ2v) is 5.88. The molecule has 0 atom stereocenters. The van der Waals surface area contributed by atoms with Gasteiger partial charge >= 0.3 is 12.0 Å². The van der Waals surface area contributed by atoms with E-state index in [0.717, 1.165) is 22.6 Å². The first kappa shape index (κ1) is 16.5. The molecule has 1 fully saturated rings. The number of aromatic nitrogens is 1. The molecule has 7 nitrogen and oxygen atoms in total.